The second-order valence-corrected chi connectivity index (χ2v) is 3.80. The van der Waals surface area contributed by atoms with Crippen molar-refractivity contribution in [2.75, 3.05) is 0 Å². The van der Waals surface area contributed by atoms with Crippen molar-refractivity contribution >= 4 is 5.70 Å². The van der Waals surface area contributed by atoms with E-state index in [0.717, 1.165) is 16.9 Å². The third kappa shape index (κ3) is 3.01. The molecule has 4 heteroatoms. The number of nitrogens with two attached hydrogens (primary N) is 2. The van der Waals surface area contributed by atoms with Crippen molar-refractivity contribution in [1.29, 1.82) is 0 Å². The summed E-state index contributed by atoms with van der Waals surface area (Å²) in [4.78, 5) is 4.03. The van der Waals surface area contributed by atoms with Gasteiger partial charge < -0.3 is 16.2 Å². The fraction of sp³-hybridized carbons (Fsp3) is 0.0714. The maximum absolute atomic E-state index is 5.70. The lowest BCUT2D eigenvalue weighted by molar-refractivity contribution is 0.306. The Balaban J connectivity index is 1.99. The van der Waals surface area contributed by atoms with Gasteiger partial charge in [-0.3, -0.25) is 4.98 Å². The van der Waals surface area contributed by atoms with Gasteiger partial charge in [0.05, 0.1) is 5.70 Å². The minimum atomic E-state index is 0.495. The molecule has 0 saturated carbocycles. The summed E-state index contributed by atoms with van der Waals surface area (Å²) >= 11 is 0. The Morgan fingerprint density at radius 1 is 1.22 bits per heavy atom. The van der Waals surface area contributed by atoms with Crippen molar-refractivity contribution in [2.24, 2.45) is 11.5 Å². The van der Waals surface area contributed by atoms with E-state index in [1.54, 1.807) is 12.4 Å². The molecule has 0 saturated heterocycles. The van der Waals surface area contributed by atoms with E-state index in [0.29, 0.717) is 12.3 Å². The standard InChI is InChI=1S/C14H15N3O/c15-8-14(16)12-3-5-13(6-4-12)18-10-11-2-1-7-17-9-11/h1-9H,10,15-16H2/b14-8-. The summed E-state index contributed by atoms with van der Waals surface area (Å²) in [6.07, 6.45) is 4.90. The first-order valence-electron chi connectivity index (χ1n) is 5.59. The maximum Gasteiger partial charge on any atom is 0.119 e. The number of nitrogens with zero attached hydrogens (tertiary/aromatic N) is 1. The number of hydrogen-bond acceptors (Lipinski definition) is 4. The van der Waals surface area contributed by atoms with Crippen LogP contribution in [0.5, 0.6) is 5.75 Å². The van der Waals surface area contributed by atoms with Crippen LogP contribution in [0.4, 0.5) is 0 Å². The number of benzene rings is 1. The maximum atomic E-state index is 5.70. The lowest BCUT2D eigenvalue weighted by Crippen LogP contribution is -2.00. The van der Waals surface area contributed by atoms with Gasteiger partial charge in [0.25, 0.3) is 0 Å². The van der Waals surface area contributed by atoms with E-state index in [-0.39, 0.29) is 0 Å². The average molecular weight is 241 g/mol. The highest BCUT2D eigenvalue weighted by molar-refractivity contribution is 5.62. The third-order valence-electron chi connectivity index (χ3n) is 2.50. The van der Waals surface area contributed by atoms with Gasteiger partial charge in [0, 0.05) is 24.2 Å². The van der Waals surface area contributed by atoms with E-state index >= 15 is 0 Å². The molecule has 0 amide bonds. The molecule has 0 spiro atoms. The number of hydrogen-bond donors (Lipinski definition) is 2. The van der Waals surface area contributed by atoms with Crippen LogP contribution in [-0.4, -0.2) is 4.98 Å². The molecule has 92 valence electrons. The van der Waals surface area contributed by atoms with E-state index in [1.807, 2.05) is 36.4 Å². The monoisotopic (exact) mass is 241 g/mol. The van der Waals surface area contributed by atoms with E-state index in [2.05, 4.69) is 4.98 Å². The Morgan fingerprint density at radius 3 is 2.61 bits per heavy atom. The van der Waals surface area contributed by atoms with Crippen molar-refractivity contribution < 1.29 is 4.74 Å². The molecule has 4 N–H and O–H groups in total. The van der Waals surface area contributed by atoms with Crippen LogP contribution in [0.3, 0.4) is 0 Å². The summed E-state index contributed by atoms with van der Waals surface area (Å²) in [5.41, 5.74) is 13.5. The van der Waals surface area contributed by atoms with Gasteiger partial charge in [-0.05, 0) is 35.9 Å². The lowest BCUT2D eigenvalue weighted by atomic mass is 10.2. The molecule has 2 aromatic rings. The summed E-state index contributed by atoms with van der Waals surface area (Å²) in [5, 5.41) is 0. The summed E-state index contributed by atoms with van der Waals surface area (Å²) in [7, 11) is 0. The molecule has 4 nitrogen and oxygen atoms in total. The largest absolute Gasteiger partial charge is 0.489 e. The second-order valence-electron chi connectivity index (χ2n) is 3.80. The van der Waals surface area contributed by atoms with Gasteiger partial charge in [0.2, 0.25) is 0 Å². The van der Waals surface area contributed by atoms with Crippen LogP contribution < -0.4 is 16.2 Å². The molecule has 0 fully saturated rings. The number of aromatic nitrogens is 1. The normalized spacial score (nSPS) is 11.2. The summed E-state index contributed by atoms with van der Waals surface area (Å²) in [6.45, 7) is 0.495. The molecule has 0 unspecified atom stereocenters. The van der Waals surface area contributed by atoms with Crippen LogP contribution in [0.15, 0.2) is 55.0 Å². The quantitative estimate of drug-likeness (QED) is 0.857. The number of pyridine rings is 1. The number of rotatable bonds is 4. The Bertz CT molecular complexity index is 520. The molecule has 1 aromatic heterocycles. The van der Waals surface area contributed by atoms with Crippen molar-refractivity contribution in [2.45, 2.75) is 6.61 Å². The molecule has 1 heterocycles. The average Bonchev–Trinajstić information content (AvgIpc) is 2.46. The highest BCUT2D eigenvalue weighted by Crippen LogP contribution is 2.16. The van der Waals surface area contributed by atoms with Crippen molar-refractivity contribution in [3.05, 3.63) is 66.1 Å². The summed E-state index contributed by atoms with van der Waals surface area (Å²) < 4.78 is 5.63. The molecule has 0 aliphatic rings. The lowest BCUT2D eigenvalue weighted by Gasteiger charge is -2.07. The Hall–Kier alpha value is -2.49. The Kier molecular flexibility index (Phi) is 3.81. The molecule has 0 atom stereocenters. The van der Waals surface area contributed by atoms with E-state index in [9.17, 15) is 0 Å². The second kappa shape index (κ2) is 5.72. The predicted molar refractivity (Wildman–Crippen MR) is 71.4 cm³/mol. The van der Waals surface area contributed by atoms with Gasteiger partial charge in [-0.2, -0.15) is 0 Å². The third-order valence-corrected chi connectivity index (χ3v) is 2.50. The van der Waals surface area contributed by atoms with Crippen LogP contribution in [0, 0.1) is 0 Å². The van der Waals surface area contributed by atoms with Crippen LogP contribution >= 0.6 is 0 Å². The fourth-order valence-electron chi connectivity index (χ4n) is 1.49. The minimum Gasteiger partial charge on any atom is -0.489 e. The van der Waals surface area contributed by atoms with E-state index < -0.39 is 0 Å². The zero-order valence-corrected chi connectivity index (χ0v) is 9.91. The molecule has 0 radical (unpaired) electrons. The van der Waals surface area contributed by atoms with Gasteiger partial charge in [0.15, 0.2) is 0 Å². The van der Waals surface area contributed by atoms with Gasteiger partial charge >= 0.3 is 0 Å². The van der Waals surface area contributed by atoms with E-state index in [1.165, 1.54) is 6.20 Å². The summed E-state index contributed by atoms with van der Waals surface area (Å²) in [6, 6.07) is 11.3. The Morgan fingerprint density at radius 2 is 2.00 bits per heavy atom. The fourth-order valence-corrected chi connectivity index (χ4v) is 1.49. The molecule has 0 aliphatic heterocycles. The van der Waals surface area contributed by atoms with Crippen LogP contribution in [0.25, 0.3) is 5.70 Å². The predicted octanol–water partition coefficient (Wildman–Crippen LogP) is 1.88. The van der Waals surface area contributed by atoms with Crippen molar-refractivity contribution in [3.8, 4) is 5.75 Å². The topological polar surface area (TPSA) is 74.2 Å². The van der Waals surface area contributed by atoms with Crippen molar-refractivity contribution in [3.63, 3.8) is 0 Å². The molecule has 1 aromatic carbocycles. The van der Waals surface area contributed by atoms with Gasteiger partial charge in [-0.25, -0.2) is 0 Å². The first kappa shape index (κ1) is 12.0. The highest BCUT2D eigenvalue weighted by atomic mass is 16.5. The van der Waals surface area contributed by atoms with E-state index in [4.69, 9.17) is 16.2 Å². The highest BCUT2D eigenvalue weighted by Gasteiger charge is 1.98. The molecule has 2 rings (SSSR count). The SMILES string of the molecule is N/C=C(\N)c1ccc(OCc2cccnc2)cc1. The Labute approximate surface area is 106 Å². The molecule has 0 aliphatic carbocycles. The zero-order chi connectivity index (χ0) is 12.8. The van der Waals surface area contributed by atoms with Gasteiger partial charge in [-0.1, -0.05) is 6.07 Å². The first-order valence-corrected chi connectivity index (χ1v) is 5.59. The van der Waals surface area contributed by atoms with Crippen LogP contribution in [0.1, 0.15) is 11.1 Å². The summed E-state index contributed by atoms with van der Waals surface area (Å²) in [5.74, 6) is 0.785. The van der Waals surface area contributed by atoms with Crippen LogP contribution in [0.2, 0.25) is 0 Å². The zero-order valence-electron chi connectivity index (χ0n) is 9.91. The molecular formula is C14H15N3O. The van der Waals surface area contributed by atoms with Gasteiger partial charge in [0.1, 0.15) is 12.4 Å². The number of ether oxygens (including phenoxy) is 1. The van der Waals surface area contributed by atoms with Crippen molar-refractivity contribution in [1.82, 2.24) is 4.98 Å². The van der Waals surface area contributed by atoms with Gasteiger partial charge in [-0.15, -0.1) is 0 Å². The molecular weight excluding hydrogens is 226 g/mol. The smallest absolute Gasteiger partial charge is 0.119 e. The molecule has 18 heavy (non-hydrogen) atoms. The van der Waals surface area contributed by atoms with Crippen LogP contribution in [-0.2, 0) is 6.61 Å². The minimum absolute atomic E-state index is 0.495. The molecule has 0 bridgehead atoms. The first-order chi connectivity index (χ1) is 8.79.